The minimum atomic E-state index is -0.779. The predicted octanol–water partition coefficient (Wildman–Crippen LogP) is 6.64. The second-order valence-electron chi connectivity index (χ2n) is 7.54. The Morgan fingerprint density at radius 3 is 2.54 bits per heavy atom. The third kappa shape index (κ3) is 7.63. The first-order valence-electron chi connectivity index (χ1n) is 10.4. The Balaban J connectivity index is 1.81. The zero-order chi connectivity index (χ0) is 27.1. The molecule has 12 heteroatoms. The van der Waals surface area contributed by atoms with Gasteiger partial charge in [0.1, 0.15) is 17.4 Å². The summed E-state index contributed by atoms with van der Waals surface area (Å²) in [6.45, 7) is 1.48. The van der Waals surface area contributed by atoms with Gasteiger partial charge < -0.3 is 15.4 Å². The van der Waals surface area contributed by atoms with Crippen LogP contribution in [-0.4, -0.2) is 23.3 Å². The van der Waals surface area contributed by atoms with Gasteiger partial charge in [-0.2, -0.15) is 5.26 Å². The molecule has 3 rings (SSSR count). The third-order valence-electron chi connectivity index (χ3n) is 4.82. The third-order valence-corrected chi connectivity index (χ3v) is 6.27. The van der Waals surface area contributed by atoms with E-state index in [1.54, 1.807) is 30.3 Å². The van der Waals surface area contributed by atoms with Crippen molar-refractivity contribution in [2.24, 2.45) is 0 Å². The Bertz CT molecular complexity index is 1470. The number of nitro benzene ring substituents is 1. The molecule has 188 valence electrons. The van der Waals surface area contributed by atoms with Gasteiger partial charge in [0, 0.05) is 38.6 Å². The number of carbonyl (C=O) groups excluding carboxylic acids is 2. The number of ether oxygens (including phenoxy) is 1. The smallest absolute Gasteiger partial charge is 0.271 e. The van der Waals surface area contributed by atoms with Gasteiger partial charge in [0.25, 0.3) is 17.5 Å². The summed E-state index contributed by atoms with van der Waals surface area (Å²) in [5, 5.41) is 26.3. The van der Waals surface area contributed by atoms with E-state index in [1.165, 1.54) is 30.3 Å². The molecule has 0 aliphatic carbocycles. The second kappa shape index (κ2) is 12.5. The van der Waals surface area contributed by atoms with Crippen molar-refractivity contribution in [3.63, 3.8) is 0 Å². The number of nitrogens with one attached hydrogen (secondary N) is 2. The van der Waals surface area contributed by atoms with Crippen molar-refractivity contribution in [1.29, 1.82) is 5.26 Å². The van der Waals surface area contributed by atoms with E-state index < -0.39 is 16.7 Å². The van der Waals surface area contributed by atoms with Crippen LogP contribution in [0.5, 0.6) is 5.75 Å². The first-order chi connectivity index (χ1) is 17.6. The molecular formula is C25H17Br2ClN4O5. The van der Waals surface area contributed by atoms with Crippen LogP contribution < -0.4 is 15.4 Å². The average molecular weight is 649 g/mol. The lowest BCUT2D eigenvalue weighted by molar-refractivity contribution is -0.384. The average Bonchev–Trinajstić information content (AvgIpc) is 2.84. The molecule has 9 nitrogen and oxygen atoms in total. The fourth-order valence-corrected chi connectivity index (χ4v) is 4.60. The molecule has 0 radical (unpaired) electrons. The van der Waals surface area contributed by atoms with E-state index in [-0.39, 0.29) is 29.3 Å². The number of anilines is 2. The van der Waals surface area contributed by atoms with E-state index in [1.807, 2.05) is 13.0 Å². The minimum absolute atomic E-state index is 0.153. The van der Waals surface area contributed by atoms with Crippen LogP contribution in [0.4, 0.5) is 17.1 Å². The summed E-state index contributed by atoms with van der Waals surface area (Å²) in [4.78, 5) is 35.6. The highest BCUT2D eigenvalue weighted by Gasteiger charge is 2.16. The standard InChI is InChI=1S/C25H17Br2ClN4O5/c1-14-5-6-19(11-22(14)28)30-23(33)13-37-24-15(8-17(26)9-21(24)27)7-16(12-29)25(34)31-18-3-2-4-20(10-18)32(35)36/h2-11H,13H2,1H3,(H,30,33)(H,31,34)/b16-7-. The van der Waals surface area contributed by atoms with Gasteiger partial charge in [-0.1, -0.05) is 39.7 Å². The molecule has 0 heterocycles. The van der Waals surface area contributed by atoms with Gasteiger partial charge in [0.2, 0.25) is 0 Å². The maximum Gasteiger partial charge on any atom is 0.271 e. The zero-order valence-corrected chi connectivity index (χ0v) is 23.0. The number of non-ortho nitro benzene ring substituents is 1. The summed E-state index contributed by atoms with van der Waals surface area (Å²) < 4.78 is 6.81. The number of carbonyl (C=O) groups is 2. The SMILES string of the molecule is Cc1ccc(NC(=O)COc2c(Br)cc(Br)cc2/C=C(/C#N)C(=O)Nc2cccc([N+](=O)[O-])c2)cc1Cl. The van der Waals surface area contributed by atoms with Crippen LogP contribution in [0.2, 0.25) is 5.02 Å². The van der Waals surface area contributed by atoms with Crippen LogP contribution in [0, 0.1) is 28.4 Å². The molecule has 2 N–H and O–H groups in total. The molecule has 0 spiro atoms. The first kappa shape index (κ1) is 27.9. The number of hydrogen-bond donors (Lipinski definition) is 2. The van der Waals surface area contributed by atoms with E-state index in [9.17, 15) is 25.0 Å². The van der Waals surface area contributed by atoms with E-state index >= 15 is 0 Å². The molecule has 0 saturated carbocycles. The van der Waals surface area contributed by atoms with Gasteiger partial charge in [-0.25, -0.2) is 0 Å². The van der Waals surface area contributed by atoms with E-state index in [0.29, 0.717) is 25.2 Å². The highest BCUT2D eigenvalue weighted by atomic mass is 79.9. The van der Waals surface area contributed by atoms with E-state index in [0.717, 1.165) is 5.56 Å². The van der Waals surface area contributed by atoms with Gasteiger partial charge >= 0.3 is 0 Å². The van der Waals surface area contributed by atoms with Crippen LogP contribution in [-0.2, 0) is 9.59 Å². The lowest BCUT2D eigenvalue weighted by Crippen LogP contribution is -2.20. The Labute approximate surface area is 233 Å². The highest BCUT2D eigenvalue weighted by molar-refractivity contribution is 9.11. The number of amides is 2. The summed E-state index contributed by atoms with van der Waals surface area (Å²) in [5.74, 6) is -1.01. The summed E-state index contributed by atoms with van der Waals surface area (Å²) in [6.07, 6.45) is 1.29. The Hall–Kier alpha value is -3.72. The molecule has 0 aliphatic rings. The topological polar surface area (TPSA) is 134 Å². The van der Waals surface area contributed by atoms with Crippen LogP contribution in [0.25, 0.3) is 6.08 Å². The van der Waals surface area contributed by atoms with Gasteiger partial charge in [0.05, 0.1) is 9.40 Å². The first-order valence-corrected chi connectivity index (χ1v) is 12.4. The molecule has 0 atom stereocenters. The second-order valence-corrected chi connectivity index (χ2v) is 9.72. The van der Waals surface area contributed by atoms with Crippen molar-refractivity contribution in [1.82, 2.24) is 0 Å². The molecule has 0 unspecified atom stereocenters. The van der Waals surface area contributed by atoms with Gasteiger partial charge in [-0.3, -0.25) is 19.7 Å². The number of rotatable bonds is 8. The van der Waals surface area contributed by atoms with Crippen LogP contribution in [0.1, 0.15) is 11.1 Å². The lowest BCUT2D eigenvalue weighted by atomic mass is 10.1. The normalized spacial score (nSPS) is 10.8. The molecule has 0 aromatic heterocycles. The van der Waals surface area contributed by atoms with Gasteiger partial charge in [-0.05, 0) is 64.8 Å². The Morgan fingerprint density at radius 2 is 1.86 bits per heavy atom. The molecular weight excluding hydrogens is 632 g/mol. The van der Waals surface area contributed by atoms with E-state index in [2.05, 4.69) is 42.5 Å². The van der Waals surface area contributed by atoms with Crippen molar-refractivity contribution in [2.45, 2.75) is 6.92 Å². The molecule has 37 heavy (non-hydrogen) atoms. The largest absolute Gasteiger partial charge is 0.482 e. The molecule has 0 saturated heterocycles. The van der Waals surface area contributed by atoms with Crippen molar-refractivity contribution in [3.05, 3.63) is 95.4 Å². The summed E-state index contributed by atoms with van der Waals surface area (Å²) >= 11 is 12.8. The number of hydrogen-bond acceptors (Lipinski definition) is 6. The number of nitro groups is 1. The minimum Gasteiger partial charge on any atom is -0.482 e. The number of aryl methyl sites for hydroxylation is 1. The zero-order valence-electron chi connectivity index (χ0n) is 19.1. The number of nitriles is 1. The van der Waals surface area contributed by atoms with Crippen molar-refractivity contribution >= 4 is 78.4 Å². The quantitative estimate of drug-likeness (QED) is 0.122. The Morgan fingerprint density at radius 1 is 1.14 bits per heavy atom. The molecule has 3 aromatic rings. The maximum absolute atomic E-state index is 12.7. The lowest BCUT2D eigenvalue weighted by Gasteiger charge is -2.13. The molecule has 0 fully saturated rings. The summed E-state index contributed by atoms with van der Waals surface area (Å²) in [6, 6.07) is 15.5. The van der Waals surface area contributed by atoms with Crippen LogP contribution in [0.3, 0.4) is 0 Å². The number of halogens is 3. The van der Waals surface area contributed by atoms with Crippen molar-refractivity contribution in [2.75, 3.05) is 17.2 Å². The number of nitrogens with zero attached hydrogens (tertiary/aromatic N) is 2. The van der Waals surface area contributed by atoms with Crippen LogP contribution >= 0.6 is 43.5 Å². The maximum atomic E-state index is 12.7. The molecule has 3 aromatic carbocycles. The fourth-order valence-electron chi connectivity index (χ4n) is 3.04. The molecule has 0 bridgehead atoms. The summed E-state index contributed by atoms with van der Waals surface area (Å²) in [7, 11) is 0. The predicted molar refractivity (Wildman–Crippen MR) is 147 cm³/mol. The monoisotopic (exact) mass is 646 g/mol. The van der Waals surface area contributed by atoms with Crippen molar-refractivity contribution < 1.29 is 19.2 Å². The van der Waals surface area contributed by atoms with Gasteiger partial charge in [-0.15, -0.1) is 0 Å². The van der Waals surface area contributed by atoms with Crippen molar-refractivity contribution in [3.8, 4) is 11.8 Å². The van der Waals surface area contributed by atoms with E-state index in [4.69, 9.17) is 16.3 Å². The molecule has 0 aliphatic heterocycles. The fraction of sp³-hybridized carbons (Fsp3) is 0.0800. The van der Waals surface area contributed by atoms with Gasteiger partial charge in [0.15, 0.2) is 6.61 Å². The van der Waals surface area contributed by atoms with Crippen LogP contribution in [0.15, 0.2) is 69.1 Å². The number of benzene rings is 3. The molecule has 2 amide bonds. The highest BCUT2D eigenvalue weighted by Crippen LogP contribution is 2.34. The summed E-state index contributed by atoms with van der Waals surface area (Å²) in [5.41, 5.74) is 1.36. The Kier molecular flexibility index (Phi) is 9.41.